The molecule has 7 heteroatoms. The first-order valence-electron chi connectivity index (χ1n) is 8.32. The van der Waals surface area contributed by atoms with Gasteiger partial charge >= 0.3 is 0 Å². The van der Waals surface area contributed by atoms with Gasteiger partial charge in [0, 0.05) is 11.6 Å². The number of hydrogen-bond donors (Lipinski definition) is 1. The van der Waals surface area contributed by atoms with Crippen LogP contribution in [-0.2, 0) is 0 Å². The molecule has 0 atom stereocenters. The second-order valence-corrected chi connectivity index (χ2v) is 6.17. The Labute approximate surface area is 149 Å². The van der Waals surface area contributed by atoms with Crippen LogP contribution in [0.5, 0.6) is 5.75 Å². The number of carbonyl (C=O) groups excluding carboxylic acids is 1. The Morgan fingerprint density at radius 1 is 1.15 bits per heavy atom. The lowest BCUT2D eigenvalue weighted by Crippen LogP contribution is -2.15. The first-order chi connectivity index (χ1) is 12.7. The monoisotopic (exact) mass is 352 g/mol. The van der Waals surface area contributed by atoms with E-state index in [0.29, 0.717) is 11.4 Å². The second kappa shape index (κ2) is 6.59. The standard InChI is InChI=1S/C19H17FN4O2/c1-26-16-10-8-15(9-11-16)24-18(12-2-3-12)17(22-23-24)19(25)21-14-6-4-13(20)5-7-14/h4-12H,2-3H2,1H3,(H,21,25). The maximum Gasteiger partial charge on any atom is 0.278 e. The van der Waals surface area contributed by atoms with Crippen molar-refractivity contribution in [2.45, 2.75) is 18.8 Å². The van der Waals surface area contributed by atoms with Crippen molar-refractivity contribution in [3.8, 4) is 11.4 Å². The van der Waals surface area contributed by atoms with Crippen LogP contribution in [0.25, 0.3) is 5.69 Å². The molecule has 132 valence electrons. The number of methoxy groups -OCH3 is 1. The first-order valence-corrected chi connectivity index (χ1v) is 8.32. The maximum absolute atomic E-state index is 13.0. The van der Waals surface area contributed by atoms with Gasteiger partial charge in [-0.3, -0.25) is 4.79 Å². The third-order valence-corrected chi connectivity index (χ3v) is 4.30. The molecule has 1 aromatic heterocycles. The number of amides is 1. The largest absolute Gasteiger partial charge is 0.497 e. The molecule has 3 aromatic rings. The molecule has 1 aliphatic rings. The lowest BCUT2D eigenvalue weighted by atomic mass is 10.2. The molecule has 0 spiro atoms. The fraction of sp³-hybridized carbons (Fsp3) is 0.211. The van der Waals surface area contributed by atoms with Gasteiger partial charge in [-0.15, -0.1) is 5.10 Å². The maximum atomic E-state index is 13.0. The van der Waals surface area contributed by atoms with Gasteiger partial charge in [0.1, 0.15) is 11.6 Å². The van der Waals surface area contributed by atoms with Crippen LogP contribution in [0.1, 0.15) is 34.9 Å². The molecule has 0 unspecified atom stereocenters. The highest BCUT2D eigenvalue weighted by Crippen LogP contribution is 2.42. The number of nitrogens with zero attached hydrogens (tertiary/aromatic N) is 3. The molecule has 0 saturated heterocycles. The molecule has 0 radical (unpaired) electrons. The van der Waals surface area contributed by atoms with E-state index in [4.69, 9.17) is 4.74 Å². The minimum atomic E-state index is -0.355. The van der Waals surface area contributed by atoms with E-state index in [1.807, 2.05) is 24.3 Å². The minimum absolute atomic E-state index is 0.265. The van der Waals surface area contributed by atoms with E-state index in [1.54, 1.807) is 11.8 Å². The van der Waals surface area contributed by atoms with Gasteiger partial charge in [0.05, 0.1) is 18.5 Å². The molecule has 4 rings (SSSR count). The Hall–Kier alpha value is -3.22. The average Bonchev–Trinajstić information content (AvgIpc) is 3.41. The average molecular weight is 352 g/mol. The predicted octanol–water partition coefficient (Wildman–Crippen LogP) is 3.54. The fourth-order valence-corrected chi connectivity index (χ4v) is 2.81. The summed E-state index contributed by atoms with van der Waals surface area (Å²) in [5.41, 5.74) is 2.43. The Morgan fingerprint density at radius 3 is 2.46 bits per heavy atom. The molecule has 1 saturated carbocycles. The van der Waals surface area contributed by atoms with Crippen molar-refractivity contribution in [1.29, 1.82) is 0 Å². The predicted molar refractivity (Wildman–Crippen MR) is 94.2 cm³/mol. The smallest absolute Gasteiger partial charge is 0.278 e. The Kier molecular flexibility index (Phi) is 4.12. The Morgan fingerprint density at radius 2 is 1.85 bits per heavy atom. The normalized spacial score (nSPS) is 13.5. The van der Waals surface area contributed by atoms with Crippen LogP contribution in [0.15, 0.2) is 48.5 Å². The fourth-order valence-electron chi connectivity index (χ4n) is 2.81. The van der Waals surface area contributed by atoms with Crippen LogP contribution >= 0.6 is 0 Å². The number of aromatic nitrogens is 3. The number of hydrogen-bond acceptors (Lipinski definition) is 4. The molecule has 1 amide bonds. The number of ether oxygens (including phenoxy) is 1. The van der Waals surface area contributed by atoms with Gasteiger partial charge in [-0.05, 0) is 61.4 Å². The van der Waals surface area contributed by atoms with E-state index in [1.165, 1.54) is 24.3 Å². The van der Waals surface area contributed by atoms with Crippen molar-refractivity contribution < 1.29 is 13.9 Å². The first kappa shape index (κ1) is 16.3. The molecule has 0 aliphatic heterocycles. The Balaban J connectivity index is 1.65. The SMILES string of the molecule is COc1ccc(-n2nnc(C(=O)Nc3ccc(F)cc3)c2C2CC2)cc1. The second-order valence-electron chi connectivity index (χ2n) is 6.17. The lowest BCUT2D eigenvalue weighted by molar-refractivity contribution is 0.102. The summed E-state index contributed by atoms with van der Waals surface area (Å²) in [6, 6.07) is 13.0. The van der Waals surface area contributed by atoms with Gasteiger partial charge in [-0.1, -0.05) is 5.21 Å². The summed E-state index contributed by atoms with van der Waals surface area (Å²) in [7, 11) is 1.61. The number of carbonyl (C=O) groups is 1. The van der Waals surface area contributed by atoms with Crippen molar-refractivity contribution in [3.63, 3.8) is 0 Å². The van der Waals surface area contributed by atoms with Crippen molar-refractivity contribution >= 4 is 11.6 Å². The van der Waals surface area contributed by atoms with E-state index in [-0.39, 0.29) is 17.6 Å². The zero-order valence-electron chi connectivity index (χ0n) is 14.1. The summed E-state index contributed by atoms with van der Waals surface area (Å²) in [5, 5.41) is 11.0. The van der Waals surface area contributed by atoms with Crippen molar-refractivity contribution in [1.82, 2.24) is 15.0 Å². The van der Waals surface area contributed by atoms with E-state index < -0.39 is 0 Å². The zero-order chi connectivity index (χ0) is 18.1. The van der Waals surface area contributed by atoms with E-state index in [9.17, 15) is 9.18 Å². The van der Waals surface area contributed by atoms with Crippen molar-refractivity contribution in [2.75, 3.05) is 12.4 Å². The highest BCUT2D eigenvalue weighted by atomic mass is 19.1. The van der Waals surface area contributed by atoms with Gasteiger partial charge in [-0.25, -0.2) is 9.07 Å². The van der Waals surface area contributed by atoms with Crippen LogP contribution in [0.4, 0.5) is 10.1 Å². The summed E-state index contributed by atoms with van der Waals surface area (Å²) in [4.78, 5) is 12.7. The van der Waals surface area contributed by atoms with Gasteiger partial charge in [0.2, 0.25) is 0 Å². The molecule has 0 bridgehead atoms. The summed E-state index contributed by atoms with van der Waals surface area (Å²) in [6.45, 7) is 0. The van der Waals surface area contributed by atoms with Gasteiger partial charge in [-0.2, -0.15) is 0 Å². The number of anilines is 1. The highest BCUT2D eigenvalue weighted by Gasteiger charge is 2.34. The third-order valence-electron chi connectivity index (χ3n) is 4.30. The molecule has 6 nitrogen and oxygen atoms in total. The van der Waals surface area contributed by atoms with Crippen LogP contribution in [0, 0.1) is 5.82 Å². The summed E-state index contributed by atoms with van der Waals surface area (Å²) < 4.78 is 19.9. The summed E-state index contributed by atoms with van der Waals surface area (Å²) in [5.74, 6) is 0.308. The number of halogens is 1. The molecule has 1 heterocycles. The molecular formula is C19H17FN4O2. The number of nitrogens with one attached hydrogen (secondary N) is 1. The highest BCUT2D eigenvalue weighted by molar-refractivity contribution is 6.03. The van der Waals surface area contributed by atoms with E-state index >= 15 is 0 Å². The minimum Gasteiger partial charge on any atom is -0.497 e. The number of rotatable bonds is 5. The molecule has 1 aliphatic carbocycles. The van der Waals surface area contributed by atoms with Crippen LogP contribution in [0.2, 0.25) is 0 Å². The van der Waals surface area contributed by atoms with Crippen LogP contribution in [-0.4, -0.2) is 28.0 Å². The molecule has 26 heavy (non-hydrogen) atoms. The molecular weight excluding hydrogens is 335 g/mol. The Bertz CT molecular complexity index is 931. The van der Waals surface area contributed by atoms with E-state index in [2.05, 4.69) is 15.6 Å². The van der Waals surface area contributed by atoms with Crippen molar-refractivity contribution in [2.24, 2.45) is 0 Å². The van der Waals surface area contributed by atoms with Gasteiger partial charge < -0.3 is 10.1 Å². The number of benzene rings is 2. The molecule has 1 N–H and O–H groups in total. The molecule has 2 aromatic carbocycles. The van der Waals surface area contributed by atoms with Crippen LogP contribution in [0.3, 0.4) is 0 Å². The zero-order valence-corrected chi connectivity index (χ0v) is 14.1. The third kappa shape index (κ3) is 3.15. The summed E-state index contributed by atoms with van der Waals surface area (Å²) >= 11 is 0. The summed E-state index contributed by atoms with van der Waals surface area (Å²) in [6.07, 6.45) is 2.00. The van der Waals surface area contributed by atoms with Gasteiger partial charge in [0.15, 0.2) is 5.69 Å². The quantitative estimate of drug-likeness (QED) is 0.762. The lowest BCUT2D eigenvalue weighted by Gasteiger charge is -2.08. The topological polar surface area (TPSA) is 69.0 Å². The van der Waals surface area contributed by atoms with Gasteiger partial charge in [0.25, 0.3) is 5.91 Å². The molecule has 1 fully saturated rings. The van der Waals surface area contributed by atoms with Crippen molar-refractivity contribution in [3.05, 3.63) is 65.7 Å². The van der Waals surface area contributed by atoms with Crippen LogP contribution < -0.4 is 10.1 Å². The van der Waals surface area contributed by atoms with E-state index in [0.717, 1.165) is 30.0 Å².